The zero-order chi connectivity index (χ0) is 21.5. The lowest BCUT2D eigenvalue weighted by molar-refractivity contribution is 0.0255. The Kier molecular flexibility index (Phi) is 7.73. The molecule has 0 atom stereocenters. The predicted molar refractivity (Wildman–Crippen MR) is 120 cm³/mol. The molecule has 2 aromatic rings. The summed E-state index contributed by atoms with van der Waals surface area (Å²) in [4.78, 5) is 17.1. The van der Waals surface area contributed by atoms with E-state index >= 15 is 0 Å². The summed E-state index contributed by atoms with van der Waals surface area (Å²) in [5, 5.41) is 3.53. The Hall–Kier alpha value is -2.55. The van der Waals surface area contributed by atoms with Crippen LogP contribution in [0.15, 0.2) is 47.9 Å². The summed E-state index contributed by atoms with van der Waals surface area (Å²) in [6, 6.07) is 5.38. The summed E-state index contributed by atoms with van der Waals surface area (Å²) in [6.45, 7) is 3.30. The number of carbonyl (C=O) groups excluding carboxylic acids is 1. The van der Waals surface area contributed by atoms with Crippen LogP contribution in [0.25, 0.3) is 10.6 Å². The van der Waals surface area contributed by atoms with E-state index in [1.807, 2.05) is 6.07 Å². The number of thiazole rings is 1. The van der Waals surface area contributed by atoms with E-state index < -0.39 is 0 Å². The average Bonchev–Trinajstić information content (AvgIpc) is 3.17. The minimum absolute atomic E-state index is 0.0506. The first-order chi connectivity index (χ1) is 14.4. The van der Waals surface area contributed by atoms with E-state index in [0.29, 0.717) is 40.3 Å². The summed E-state index contributed by atoms with van der Waals surface area (Å²) in [5.74, 6) is 0.349. The Morgan fingerprint density at radius 1 is 1.33 bits per heavy atom. The molecule has 2 heterocycles. The van der Waals surface area contributed by atoms with Gasteiger partial charge in [0.05, 0.1) is 26.0 Å². The highest BCUT2D eigenvalue weighted by Crippen LogP contribution is 2.32. The van der Waals surface area contributed by atoms with Crippen molar-refractivity contribution in [1.82, 2.24) is 10.3 Å². The van der Waals surface area contributed by atoms with Gasteiger partial charge in [-0.15, -0.1) is 11.3 Å². The molecule has 1 aromatic carbocycles. The third kappa shape index (κ3) is 6.48. The topological polar surface area (TPSA) is 112 Å². The van der Waals surface area contributed by atoms with E-state index in [0.717, 1.165) is 23.4 Å². The van der Waals surface area contributed by atoms with Crippen molar-refractivity contribution < 1.29 is 14.3 Å². The van der Waals surface area contributed by atoms with Crippen molar-refractivity contribution in [1.29, 1.82) is 0 Å². The molecule has 9 heteroatoms. The summed E-state index contributed by atoms with van der Waals surface area (Å²) >= 11 is 7.39. The largest absolute Gasteiger partial charge is 0.490 e. The van der Waals surface area contributed by atoms with Crippen LogP contribution >= 0.6 is 22.9 Å². The number of carbonyl (C=O) groups is 1. The van der Waals surface area contributed by atoms with E-state index in [1.165, 1.54) is 11.3 Å². The maximum Gasteiger partial charge on any atom is 0.251 e. The fraction of sp³-hybridized carbons (Fsp3) is 0.333. The van der Waals surface area contributed by atoms with Crippen LogP contribution < -0.4 is 21.5 Å². The first-order valence-corrected chi connectivity index (χ1v) is 10.8. The standard InChI is InChI=1S/C21H25ClN4O3S/c1-13(23)2-3-16(24)11-25-20(27)14-8-15(21-26-12-19(22)30-21)10-18(9-14)29-17-4-6-28-7-5-17/h2-3,8-10,12,17H,4-7,11,23-24H2,1H3,(H,25,27)/b13-2-,16-3-. The van der Waals surface area contributed by atoms with Crippen molar-refractivity contribution in [2.24, 2.45) is 11.5 Å². The number of nitrogens with zero attached hydrogens (tertiary/aromatic N) is 1. The number of allylic oxidation sites excluding steroid dienone is 3. The maximum absolute atomic E-state index is 12.8. The van der Waals surface area contributed by atoms with Crippen molar-refractivity contribution in [2.75, 3.05) is 19.8 Å². The van der Waals surface area contributed by atoms with Gasteiger partial charge in [0.25, 0.3) is 5.91 Å². The highest BCUT2D eigenvalue weighted by Gasteiger charge is 2.18. The molecule has 0 bridgehead atoms. The summed E-state index contributed by atoms with van der Waals surface area (Å²) in [6.07, 6.45) is 6.62. The third-order valence-corrected chi connectivity index (χ3v) is 5.54. The van der Waals surface area contributed by atoms with Gasteiger partial charge >= 0.3 is 0 Å². The normalized spacial score (nSPS) is 15.8. The van der Waals surface area contributed by atoms with Gasteiger partial charge in [-0.25, -0.2) is 4.98 Å². The van der Waals surface area contributed by atoms with Crippen molar-refractivity contribution in [3.8, 4) is 16.3 Å². The van der Waals surface area contributed by atoms with Crippen LogP contribution in [-0.4, -0.2) is 36.8 Å². The van der Waals surface area contributed by atoms with Crippen LogP contribution in [-0.2, 0) is 4.74 Å². The molecule has 0 unspecified atom stereocenters. The van der Waals surface area contributed by atoms with Crippen LogP contribution in [0.4, 0.5) is 0 Å². The summed E-state index contributed by atoms with van der Waals surface area (Å²) in [5.41, 5.74) is 13.9. The van der Waals surface area contributed by atoms with Gasteiger partial charge in [-0.2, -0.15) is 0 Å². The third-order valence-electron chi connectivity index (χ3n) is 4.38. The summed E-state index contributed by atoms with van der Waals surface area (Å²) < 4.78 is 12.1. The van der Waals surface area contributed by atoms with Gasteiger partial charge in [0.1, 0.15) is 21.2 Å². The number of hydrogen-bond donors (Lipinski definition) is 3. The van der Waals surface area contributed by atoms with E-state index in [9.17, 15) is 4.79 Å². The molecule has 1 saturated heterocycles. The smallest absolute Gasteiger partial charge is 0.251 e. The van der Waals surface area contributed by atoms with Crippen molar-refractivity contribution in [2.45, 2.75) is 25.9 Å². The molecule has 30 heavy (non-hydrogen) atoms. The molecule has 5 N–H and O–H groups in total. The number of halogens is 1. The number of rotatable bonds is 7. The van der Waals surface area contributed by atoms with Crippen LogP contribution in [0, 0.1) is 0 Å². The van der Waals surface area contributed by atoms with Crippen LogP contribution in [0.1, 0.15) is 30.1 Å². The second kappa shape index (κ2) is 10.5. The second-order valence-electron chi connectivity index (χ2n) is 6.98. The molecular formula is C21H25ClN4O3S. The molecular weight excluding hydrogens is 424 g/mol. The van der Waals surface area contributed by atoms with Gasteiger partial charge in [0, 0.05) is 35.4 Å². The maximum atomic E-state index is 12.8. The monoisotopic (exact) mass is 448 g/mol. The van der Waals surface area contributed by atoms with Crippen LogP contribution in [0.5, 0.6) is 5.75 Å². The van der Waals surface area contributed by atoms with Crippen molar-refractivity contribution in [3.63, 3.8) is 0 Å². The first-order valence-electron chi connectivity index (χ1n) is 9.58. The number of amides is 1. The molecule has 3 rings (SSSR count). The van der Waals surface area contributed by atoms with Gasteiger partial charge in [-0.3, -0.25) is 4.79 Å². The molecule has 0 saturated carbocycles. The molecule has 1 aliphatic heterocycles. The minimum Gasteiger partial charge on any atom is -0.490 e. The van der Waals surface area contributed by atoms with Gasteiger partial charge in [-0.05, 0) is 37.3 Å². The molecule has 160 valence electrons. The zero-order valence-electron chi connectivity index (χ0n) is 16.7. The Morgan fingerprint density at radius 3 is 2.77 bits per heavy atom. The van der Waals surface area contributed by atoms with E-state index in [1.54, 1.807) is 37.4 Å². The Balaban J connectivity index is 1.80. The quantitative estimate of drug-likeness (QED) is 0.559. The van der Waals surface area contributed by atoms with Crippen LogP contribution in [0.2, 0.25) is 4.34 Å². The number of aromatic nitrogens is 1. The number of nitrogens with two attached hydrogens (primary N) is 2. The predicted octanol–water partition coefficient (Wildman–Crippen LogP) is 3.46. The van der Waals surface area contributed by atoms with E-state index in [4.69, 9.17) is 32.5 Å². The van der Waals surface area contributed by atoms with Crippen LogP contribution in [0.3, 0.4) is 0 Å². The number of benzene rings is 1. The van der Waals surface area contributed by atoms with Gasteiger partial charge in [-0.1, -0.05) is 11.6 Å². The fourth-order valence-electron chi connectivity index (χ4n) is 2.88. The molecule has 0 aliphatic carbocycles. The highest BCUT2D eigenvalue weighted by atomic mass is 35.5. The van der Waals surface area contributed by atoms with E-state index in [2.05, 4.69) is 10.3 Å². The molecule has 0 spiro atoms. The second-order valence-corrected chi connectivity index (χ2v) is 8.64. The Morgan fingerprint density at radius 2 is 2.10 bits per heavy atom. The highest BCUT2D eigenvalue weighted by molar-refractivity contribution is 7.18. The number of ether oxygens (including phenoxy) is 2. The Labute approximate surface area is 184 Å². The van der Waals surface area contributed by atoms with Gasteiger partial charge in [0.2, 0.25) is 0 Å². The van der Waals surface area contributed by atoms with Gasteiger partial charge < -0.3 is 26.3 Å². The zero-order valence-corrected chi connectivity index (χ0v) is 18.3. The number of hydrogen-bond acceptors (Lipinski definition) is 7. The lowest BCUT2D eigenvalue weighted by atomic mass is 10.1. The summed E-state index contributed by atoms with van der Waals surface area (Å²) in [7, 11) is 0. The number of nitrogens with one attached hydrogen (secondary N) is 1. The molecule has 1 aliphatic rings. The molecule has 1 fully saturated rings. The molecule has 1 aromatic heterocycles. The molecule has 7 nitrogen and oxygen atoms in total. The fourth-order valence-corrected chi connectivity index (χ4v) is 3.78. The van der Waals surface area contributed by atoms with Gasteiger partial charge in [0.15, 0.2) is 0 Å². The SMILES string of the molecule is C/C(N)=C/C=C(\N)CNC(=O)c1cc(OC2CCOCC2)cc(-c2ncc(Cl)s2)c1. The first kappa shape index (κ1) is 22.1. The molecule has 0 radical (unpaired) electrons. The van der Waals surface area contributed by atoms with Crippen molar-refractivity contribution >= 4 is 28.8 Å². The molecule has 1 amide bonds. The lowest BCUT2D eigenvalue weighted by Crippen LogP contribution is -2.28. The van der Waals surface area contributed by atoms with Crippen molar-refractivity contribution in [3.05, 3.63) is 57.8 Å². The average molecular weight is 449 g/mol. The lowest BCUT2D eigenvalue weighted by Gasteiger charge is -2.23. The minimum atomic E-state index is -0.263. The van der Waals surface area contributed by atoms with E-state index in [-0.39, 0.29) is 18.6 Å². The Bertz CT molecular complexity index is 947.